The molecule has 0 nitrogen and oxygen atoms in total. The molecule has 0 radical (unpaired) electrons. The summed E-state index contributed by atoms with van der Waals surface area (Å²) in [4.78, 5) is 0. The predicted molar refractivity (Wildman–Crippen MR) is 50.5 cm³/mol. The van der Waals surface area contributed by atoms with Crippen molar-refractivity contribution in [1.82, 2.24) is 0 Å². The topological polar surface area (TPSA) is 0 Å². The van der Waals surface area contributed by atoms with Crippen LogP contribution in [0.25, 0.3) is 0 Å². The van der Waals surface area contributed by atoms with Gasteiger partial charge >= 0.3 is 0 Å². The molecule has 1 heterocycles. The molecule has 0 atom stereocenters. The smallest absolute Gasteiger partial charge is 0.200 e. The SMILES string of the molecule is Fc1c(F)c(F)c(F)c(F)c1F.c1ccsc1. The van der Waals surface area contributed by atoms with Crippen molar-refractivity contribution < 1.29 is 26.3 Å². The van der Waals surface area contributed by atoms with Gasteiger partial charge in [-0.25, -0.2) is 26.3 Å². The fourth-order valence-corrected chi connectivity index (χ4v) is 1.26. The zero-order chi connectivity index (χ0) is 13.0. The van der Waals surface area contributed by atoms with Crippen molar-refractivity contribution in [1.29, 1.82) is 0 Å². The molecular formula is C10H4F6S. The zero-order valence-electron chi connectivity index (χ0n) is 7.99. The van der Waals surface area contributed by atoms with Gasteiger partial charge < -0.3 is 0 Å². The van der Waals surface area contributed by atoms with Crippen LogP contribution in [0.5, 0.6) is 0 Å². The summed E-state index contributed by atoms with van der Waals surface area (Å²) in [6.07, 6.45) is 0. The molecule has 2 rings (SSSR count). The molecule has 92 valence electrons. The standard InChI is InChI=1S/C6F6.C4H4S/c7-1-2(8)4(10)6(12)5(11)3(1)9;1-2-4-5-3-1/h;1-4H. The Labute approximate surface area is 96.1 Å². The lowest BCUT2D eigenvalue weighted by atomic mass is 10.3. The molecule has 0 aliphatic rings. The highest BCUT2D eigenvalue weighted by Crippen LogP contribution is 2.20. The molecule has 0 spiro atoms. The normalized spacial score (nSPS) is 9.76. The molecule has 0 saturated carbocycles. The molecular weight excluding hydrogens is 266 g/mol. The second kappa shape index (κ2) is 5.72. The minimum Gasteiger partial charge on any atom is -0.200 e. The first-order valence-electron chi connectivity index (χ1n) is 4.11. The lowest BCUT2D eigenvalue weighted by Crippen LogP contribution is -2.04. The molecule has 0 amide bonds. The Bertz CT molecular complexity index is 372. The van der Waals surface area contributed by atoms with Crippen molar-refractivity contribution in [3.8, 4) is 0 Å². The van der Waals surface area contributed by atoms with Gasteiger partial charge in [0.15, 0.2) is 0 Å². The second-order valence-electron chi connectivity index (χ2n) is 2.68. The predicted octanol–water partition coefficient (Wildman–Crippen LogP) is 4.27. The van der Waals surface area contributed by atoms with E-state index in [0.29, 0.717) is 0 Å². The van der Waals surface area contributed by atoms with Gasteiger partial charge in [0.05, 0.1) is 0 Å². The summed E-state index contributed by atoms with van der Waals surface area (Å²) in [5.41, 5.74) is 0. The molecule has 0 unspecified atom stereocenters. The van der Waals surface area contributed by atoms with Crippen LogP contribution in [0.2, 0.25) is 0 Å². The van der Waals surface area contributed by atoms with Gasteiger partial charge in [-0.15, -0.1) is 0 Å². The van der Waals surface area contributed by atoms with E-state index in [0.717, 1.165) is 0 Å². The van der Waals surface area contributed by atoms with Crippen LogP contribution in [-0.4, -0.2) is 0 Å². The van der Waals surface area contributed by atoms with E-state index in [1.165, 1.54) is 0 Å². The number of hydrogen-bond acceptors (Lipinski definition) is 1. The quantitative estimate of drug-likeness (QED) is 0.381. The molecule has 0 saturated heterocycles. The Morgan fingerprint density at radius 2 is 0.765 bits per heavy atom. The van der Waals surface area contributed by atoms with Crippen LogP contribution in [0, 0.1) is 34.9 Å². The molecule has 1 aromatic carbocycles. The number of hydrogen-bond donors (Lipinski definition) is 0. The van der Waals surface area contributed by atoms with E-state index in [9.17, 15) is 26.3 Å². The van der Waals surface area contributed by atoms with Crippen LogP contribution in [0.3, 0.4) is 0 Å². The van der Waals surface area contributed by atoms with Gasteiger partial charge in [0.2, 0.25) is 34.9 Å². The van der Waals surface area contributed by atoms with Crippen LogP contribution in [0.4, 0.5) is 26.3 Å². The molecule has 7 heteroatoms. The maximum atomic E-state index is 12.0. The van der Waals surface area contributed by atoms with Crippen molar-refractivity contribution in [2.45, 2.75) is 0 Å². The van der Waals surface area contributed by atoms with E-state index in [-0.39, 0.29) is 0 Å². The monoisotopic (exact) mass is 270 g/mol. The van der Waals surface area contributed by atoms with Crippen molar-refractivity contribution >= 4 is 11.3 Å². The van der Waals surface area contributed by atoms with Gasteiger partial charge in [0.1, 0.15) is 0 Å². The first kappa shape index (κ1) is 13.6. The molecule has 2 aromatic rings. The van der Waals surface area contributed by atoms with E-state index in [1.807, 2.05) is 22.9 Å². The highest BCUT2D eigenvalue weighted by Gasteiger charge is 2.25. The molecule has 0 aliphatic heterocycles. The second-order valence-corrected chi connectivity index (χ2v) is 3.49. The minimum absolute atomic E-state index is 1.71. The van der Waals surface area contributed by atoms with E-state index < -0.39 is 34.9 Å². The lowest BCUT2D eigenvalue weighted by molar-refractivity contribution is 0.334. The third-order valence-electron chi connectivity index (χ3n) is 1.58. The molecule has 0 N–H and O–H groups in total. The van der Waals surface area contributed by atoms with Gasteiger partial charge in [-0.2, -0.15) is 11.3 Å². The van der Waals surface area contributed by atoms with Crippen molar-refractivity contribution in [3.63, 3.8) is 0 Å². The third-order valence-corrected chi connectivity index (χ3v) is 2.21. The van der Waals surface area contributed by atoms with E-state index in [1.54, 1.807) is 11.3 Å². The highest BCUT2D eigenvalue weighted by atomic mass is 32.1. The molecule has 0 aliphatic carbocycles. The number of thiophene rings is 1. The summed E-state index contributed by atoms with van der Waals surface area (Å²) in [5, 5.41) is 4.08. The number of rotatable bonds is 0. The van der Waals surface area contributed by atoms with Crippen molar-refractivity contribution in [2.24, 2.45) is 0 Å². The zero-order valence-corrected chi connectivity index (χ0v) is 8.80. The Kier molecular flexibility index (Phi) is 4.56. The average molecular weight is 270 g/mol. The summed E-state index contributed by atoms with van der Waals surface area (Å²) >= 11 is 1.71. The summed E-state index contributed by atoms with van der Waals surface area (Å²) in [6.45, 7) is 0. The van der Waals surface area contributed by atoms with Gasteiger partial charge in [-0.05, 0) is 10.8 Å². The summed E-state index contributed by atoms with van der Waals surface area (Å²) in [7, 11) is 0. The van der Waals surface area contributed by atoms with Crippen LogP contribution in [0.15, 0.2) is 22.9 Å². The van der Waals surface area contributed by atoms with Crippen LogP contribution < -0.4 is 0 Å². The van der Waals surface area contributed by atoms with Gasteiger partial charge in [0.25, 0.3) is 0 Å². The molecule has 1 aromatic heterocycles. The van der Waals surface area contributed by atoms with Crippen LogP contribution in [-0.2, 0) is 0 Å². The number of benzene rings is 1. The van der Waals surface area contributed by atoms with Crippen molar-refractivity contribution in [2.75, 3.05) is 0 Å². The van der Waals surface area contributed by atoms with E-state index in [4.69, 9.17) is 0 Å². The fraction of sp³-hybridized carbons (Fsp3) is 0. The molecule has 0 fully saturated rings. The van der Waals surface area contributed by atoms with Gasteiger partial charge in [-0.3, -0.25) is 0 Å². The summed E-state index contributed by atoms with van der Waals surface area (Å²) in [5.74, 6) is -14.2. The first-order chi connectivity index (χ1) is 7.96. The van der Waals surface area contributed by atoms with Crippen molar-refractivity contribution in [3.05, 3.63) is 57.8 Å². The minimum atomic E-state index is -2.37. The van der Waals surface area contributed by atoms with Crippen LogP contribution in [0.1, 0.15) is 0 Å². The van der Waals surface area contributed by atoms with Gasteiger partial charge in [0, 0.05) is 0 Å². The highest BCUT2D eigenvalue weighted by molar-refractivity contribution is 7.07. The first-order valence-corrected chi connectivity index (χ1v) is 5.05. The van der Waals surface area contributed by atoms with E-state index in [2.05, 4.69) is 0 Å². The third kappa shape index (κ3) is 3.00. The maximum absolute atomic E-state index is 12.0. The molecule has 17 heavy (non-hydrogen) atoms. The number of halogens is 6. The fourth-order valence-electron chi connectivity index (χ4n) is 0.805. The summed E-state index contributed by atoms with van der Waals surface area (Å²) in [6, 6.07) is 4.04. The molecule has 0 bridgehead atoms. The largest absolute Gasteiger partial charge is 0.200 e. The lowest BCUT2D eigenvalue weighted by Gasteiger charge is -1.99. The Morgan fingerprint density at radius 1 is 0.529 bits per heavy atom. The average Bonchev–Trinajstić information content (AvgIpc) is 2.90. The maximum Gasteiger partial charge on any atom is 0.200 e. The Morgan fingerprint density at radius 3 is 0.882 bits per heavy atom. The van der Waals surface area contributed by atoms with E-state index >= 15 is 0 Å². The van der Waals surface area contributed by atoms with Gasteiger partial charge in [-0.1, -0.05) is 12.1 Å². The Balaban J connectivity index is 0.000000239. The Hall–Kier alpha value is -1.50. The van der Waals surface area contributed by atoms with Crippen LogP contribution >= 0.6 is 11.3 Å². The summed E-state index contributed by atoms with van der Waals surface area (Å²) < 4.78 is 72.2.